The molecule has 1 rings (SSSR count). The van der Waals surface area contributed by atoms with Gasteiger partial charge in [0, 0.05) is 24.7 Å². The maximum atomic E-state index is 11.9. The van der Waals surface area contributed by atoms with Crippen LogP contribution in [0.2, 0.25) is 0 Å². The SMILES string of the molecule is CCNCc1ccncc1OCCCC(F)(F)F. The summed E-state index contributed by atoms with van der Waals surface area (Å²) >= 11 is 0. The second-order valence-corrected chi connectivity index (χ2v) is 3.83. The first-order valence-electron chi connectivity index (χ1n) is 5.86. The van der Waals surface area contributed by atoms with Crippen LogP contribution in [0.5, 0.6) is 5.75 Å². The van der Waals surface area contributed by atoms with Crippen LogP contribution >= 0.6 is 0 Å². The average Bonchev–Trinajstić information content (AvgIpc) is 2.32. The Morgan fingerprint density at radius 3 is 2.83 bits per heavy atom. The van der Waals surface area contributed by atoms with E-state index < -0.39 is 12.6 Å². The van der Waals surface area contributed by atoms with Crippen molar-refractivity contribution in [1.82, 2.24) is 10.3 Å². The summed E-state index contributed by atoms with van der Waals surface area (Å²) in [5.74, 6) is 0.542. The molecule has 1 aromatic rings. The minimum atomic E-state index is -4.12. The van der Waals surface area contributed by atoms with Crippen LogP contribution in [-0.2, 0) is 6.54 Å². The first kappa shape index (κ1) is 14.8. The van der Waals surface area contributed by atoms with Gasteiger partial charge in [-0.25, -0.2) is 0 Å². The van der Waals surface area contributed by atoms with E-state index in [1.54, 1.807) is 12.3 Å². The van der Waals surface area contributed by atoms with Crippen molar-refractivity contribution in [1.29, 1.82) is 0 Å². The van der Waals surface area contributed by atoms with Crippen LogP contribution in [0, 0.1) is 0 Å². The summed E-state index contributed by atoms with van der Waals surface area (Å²) in [4.78, 5) is 3.91. The normalized spacial score (nSPS) is 11.6. The summed E-state index contributed by atoms with van der Waals surface area (Å²) in [5, 5.41) is 3.13. The van der Waals surface area contributed by atoms with Crippen molar-refractivity contribution in [2.45, 2.75) is 32.5 Å². The highest BCUT2D eigenvalue weighted by Gasteiger charge is 2.26. The highest BCUT2D eigenvalue weighted by molar-refractivity contribution is 5.29. The lowest BCUT2D eigenvalue weighted by Gasteiger charge is -2.11. The molecule has 0 fully saturated rings. The Bertz CT molecular complexity index is 355. The van der Waals surface area contributed by atoms with Gasteiger partial charge in [0.25, 0.3) is 0 Å². The molecule has 0 aliphatic carbocycles. The molecular weight excluding hydrogens is 245 g/mol. The molecule has 0 radical (unpaired) electrons. The number of hydrogen-bond donors (Lipinski definition) is 1. The summed E-state index contributed by atoms with van der Waals surface area (Å²) in [6.45, 7) is 3.46. The first-order valence-corrected chi connectivity index (χ1v) is 5.86. The van der Waals surface area contributed by atoms with E-state index in [-0.39, 0.29) is 13.0 Å². The maximum absolute atomic E-state index is 11.9. The van der Waals surface area contributed by atoms with Crippen LogP contribution in [-0.4, -0.2) is 24.3 Å². The van der Waals surface area contributed by atoms with Gasteiger partial charge in [0.2, 0.25) is 0 Å². The molecule has 3 nitrogen and oxygen atoms in total. The lowest BCUT2D eigenvalue weighted by molar-refractivity contribution is -0.136. The van der Waals surface area contributed by atoms with Gasteiger partial charge < -0.3 is 10.1 Å². The highest BCUT2D eigenvalue weighted by atomic mass is 19.4. The number of ether oxygens (including phenoxy) is 1. The number of halogens is 3. The summed E-state index contributed by atoms with van der Waals surface area (Å²) in [6, 6.07) is 1.79. The van der Waals surface area contributed by atoms with Crippen molar-refractivity contribution in [3.05, 3.63) is 24.0 Å². The van der Waals surface area contributed by atoms with Crippen LogP contribution < -0.4 is 10.1 Å². The molecule has 0 saturated carbocycles. The largest absolute Gasteiger partial charge is 0.492 e. The maximum Gasteiger partial charge on any atom is 0.389 e. The quantitative estimate of drug-likeness (QED) is 0.767. The Kier molecular flexibility index (Phi) is 5.91. The summed E-state index contributed by atoms with van der Waals surface area (Å²) in [7, 11) is 0. The number of nitrogens with one attached hydrogen (secondary N) is 1. The first-order chi connectivity index (χ1) is 8.53. The fourth-order valence-corrected chi connectivity index (χ4v) is 1.40. The molecule has 0 aliphatic heterocycles. The van der Waals surface area contributed by atoms with Gasteiger partial charge in [0.15, 0.2) is 0 Å². The third-order valence-corrected chi connectivity index (χ3v) is 2.30. The minimum absolute atomic E-state index is 0.0426. The molecule has 0 amide bonds. The predicted octanol–water partition coefficient (Wildman–Crippen LogP) is 2.91. The zero-order valence-electron chi connectivity index (χ0n) is 10.3. The smallest absolute Gasteiger partial charge is 0.389 e. The van der Waals surface area contributed by atoms with Crippen molar-refractivity contribution in [3.63, 3.8) is 0 Å². The van der Waals surface area contributed by atoms with E-state index in [9.17, 15) is 13.2 Å². The molecule has 0 saturated heterocycles. The third kappa shape index (κ3) is 5.86. The lowest BCUT2D eigenvalue weighted by atomic mass is 10.2. The zero-order valence-corrected chi connectivity index (χ0v) is 10.3. The van der Waals surface area contributed by atoms with Crippen molar-refractivity contribution in [3.8, 4) is 5.75 Å². The van der Waals surface area contributed by atoms with E-state index in [0.29, 0.717) is 12.3 Å². The van der Waals surface area contributed by atoms with Crippen molar-refractivity contribution in [2.75, 3.05) is 13.2 Å². The van der Waals surface area contributed by atoms with Crippen LogP contribution in [0.1, 0.15) is 25.3 Å². The fourth-order valence-electron chi connectivity index (χ4n) is 1.40. The van der Waals surface area contributed by atoms with Gasteiger partial charge >= 0.3 is 6.18 Å². The average molecular weight is 262 g/mol. The van der Waals surface area contributed by atoms with Crippen LogP contribution in [0.25, 0.3) is 0 Å². The standard InChI is InChI=1S/C12H17F3N2O/c1-2-16-8-10-4-6-17-9-11(10)18-7-3-5-12(13,14)15/h4,6,9,16H,2-3,5,7-8H2,1H3. The number of aromatic nitrogens is 1. The van der Waals surface area contributed by atoms with Gasteiger partial charge in [-0.2, -0.15) is 13.2 Å². The van der Waals surface area contributed by atoms with E-state index in [0.717, 1.165) is 12.1 Å². The van der Waals surface area contributed by atoms with Crippen molar-refractivity contribution in [2.24, 2.45) is 0 Å². The van der Waals surface area contributed by atoms with E-state index in [4.69, 9.17) is 4.74 Å². The summed E-state index contributed by atoms with van der Waals surface area (Å²) in [5.41, 5.74) is 0.902. The van der Waals surface area contributed by atoms with E-state index in [2.05, 4.69) is 10.3 Å². The zero-order chi connectivity index (χ0) is 13.4. The van der Waals surface area contributed by atoms with Gasteiger partial charge in [-0.15, -0.1) is 0 Å². The van der Waals surface area contributed by atoms with Crippen LogP contribution in [0.4, 0.5) is 13.2 Å². The third-order valence-electron chi connectivity index (χ3n) is 2.30. The summed E-state index contributed by atoms with van der Waals surface area (Å²) < 4.78 is 41.2. The van der Waals surface area contributed by atoms with Gasteiger partial charge in [-0.1, -0.05) is 6.92 Å². The molecule has 1 heterocycles. The molecule has 1 aromatic heterocycles. The molecule has 0 spiro atoms. The summed E-state index contributed by atoms with van der Waals surface area (Å²) in [6.07, 6.45) is -1.82. The van der Waals surface area contributed by atoms with E-state index in [1.165, 1.54) is 6.20 Å². The minimum Gasteiger partial charge on any atom is -0.492 e. The van der Waals surface area contributed by atoms with Gasteiger partial charge in [-0.3, -0.25) is 4.98 Å². The lowest BCUT2D eigenvalue weighted by Crippen LogP contribution is -2.14. The van der Waals surface area contributed by atoms with Crippen molar-refractivity contribution < 1.29 is 17.9 Å². The van der Waals surface area contributed by atoms with Crippen molar-refractivity contribution >= 4 is 0 Å². The number of nitrogens with zero attached hydrogens (tertiary/aromatic N) is 1. The Labute approximate surface area is 104 Å². The fraction of sp³-hybridized carbons (Fsp3) is 0.583. The van der Waals surface area contributed by atoms with E-state index in [1.807, 2.05) is 6.92 Å². The molecule has 6 heteroatoms. The van der Waals surface area contributed by atoms with Crippen LogP contribution in [0.3, 0.4) is 0 Å². The molecular formula is C12H17F3N2O. The molecule has 102 valence electrons. The molecule has 0 bridgehead atoms. The Hall–Kier alpha value is -1.30. The number of alkyl halides is 3. The number of rotatable bonds is 7. The molecule has 0 aromatic carbocycles. The predicted molar refractivity (Wildman–Crippen MR) is 62.4 cm³/mol. The Morgan fingerprint density at radius 2 is 2.17 bits per heavy atom. The molecule has 1 N–H and O–H groups in total. The Balaban J connectivity index is 2.41. The molecule has 0 unspecified atom stereocenters. The number of hydrogen-bond acceptors (Lipinski definition) is 3. The molecule has 18 heavy (non-hydrogen) atoms. The second-order valence-electron chi connectivity index (χ2n) is 3.83. The highest BCUT2D eigenvalue weighted by Crippen LogP contribution is 2.22. The monoisotopic (exact) mass is 262 g/mol. The van der Waals surface area contributed by atoms with E-state index >= 15 is 0 Å². The van der Waals surface area contributed by atoms with Crippen LogP contribution in [0.15, 0.2) is 18.5 Å². The number of pyridine rings is 1. The van der Waals surface area contributed by atoms with Gasteiger partial charge in [0.05, 0.1) is 12.8 Å². The molecule has 0 atom stereocenters. The topological polar surface area (TPSA) is 34.2 Å². The second kappa shape index (κ2) is 7.20. The Morgan fingerprint density at radius 1 is 1.39 bits per heavy atom. The molecule has 0 aliphatic rings. The van der Waals surface area contributed by atoms with Gasteiger partial charge in [-0.05, 0) is 19.0 Å². The van der Waals surface area contributed by atoms with Gasteiger partial charge in [0.1, 0.15) is 5.75 Å².